The molecule has 1 N–H and O–H groups in total. The van der Waals surface area contributed by atoms with Gasteiger partial charge in [0, 0.05) is 24.2 Å². The molecule has 162 valence electrons. The molecule has 10 heteroatoms. The Kier molecular flexibility index (Phi) is 5.75. The number of nitro groups is 1. The molecule has 10 nitrogen and oxygen atoms in total. The zero-order chi connectivity index (χ0) is 22.7. The highest BCUT2D eigenvalue weighted by molar-refractivity contribution is 6.07. The van der Waals surface area contributed by atoms with Crippen LogP contribution in [0.2, 0.25) is 0 Å². The molecule has 2 aromatic carbocycles. The van der Waals surface area contributed by atoms with Gasteiger partial charge in [-0.15, -0.1) is 0 Å². The van der Waals surface area contributed by atoms with Gasteiger partial charge in [0.05, 0.1) is 22.4 Å². The number of amides is 3. The van der Waals surface area contributed by atoms with Crippen LogP contribution < -0.4 is 0 Å². The van der Waals surface area contributed by atoms with Gasteiger partial charge < -0.3 is 4.90 Å². The monoisotopic (exact) mass is 433 g/mol. The van der Waals surface area contributed by atoms with Gasteiger partial charge in [-0.05, 0) is 24.1 Å². The lowest BCUT2D eigenvalue weighted by Crippen LogP contribution is -2.56. The van der Waals surface area contributed by atoms with E-state index in [1.807, 2.05) is 30.3 Å². The summed E-state index contributed by atoms with van der Waals surface area (Å²) in [5.41, 5.74) is 1.99. The Balaban J connectivity index is 1.46. The van der Waals surface area contributed by atoms with E-state index in [1.165, 1.54) is 40.3 Å². The van der Waals surface area contributed by atoms with Crippen molar-refractivity contribution < 1.29 is 19.3 Å². The highest BCUT2D eigenvalue weighted by atomic mass is 16.6. The van der Waals surface area contributed by atoms with Crippen molar-refractivity contribution in [1.82, 2.24) is 20.0 Å². The lowest BCUT2D eigenvalue weighted by molar-refractivity contribution is -0.384. The number of nitro benzene ring substituents is 1. The molecule has 1 aliphatic heterocycles. The number of carbonyl (C=O) groups excluding carboxylic acids is 3. The van der Waals surface area contributed by atoms with Gasteiger partial charge in [0.2, 0.25) is 11.8 Å². The largest absolute Gasteiger partial charge is 0.320 e. The van der Waals surface area contributed by atoms with Crippen LogP contribution in [0.1, 0.15) is 15.9 Å². The summed E-state index contributed by atoms with van der Waals surface area (Å²) < 4.78 is 0. The number of benzene rings is 2. The summed E-state index contributed by atoms with van der Waals surface area (Å²) in [4.78, 5) is 50.9. The zero-order valence-corrected chi connectivity index (χ0v) is 16.9. The summed E-state index contributed by atoms with van der Waals surface area (Å²) in [6, 6.07) is 15.2. The van der Waals surface area contributed by atoms with E-state index in [-0.39, 0.29) is 30.9 Å². The lowest BCUT2D eigenvalue weighted by Gasteiger charge is -2.32. The third kappa shape index (κ3) is 4.24. The van der Waals surface area contributed by atoms with Gasteiger partial charge >= 0.3 is 0 Å². The SMILES string of the molecule is O=C(c1cn[nH]c1-c1ccc([N+](=O)[O-])cc1)N1CC(=O)N(CCc2ccccc2)C(=O)C1. The van der Waals surface area contributed by atoms with E-state index in [1.54, 1.807) is 0 Å². The molecule has 0 unspecified atom stereocenters. The van der Waals surface area contributed by atoms with E-state index in [9.17, 15) is 24.5 Å². The number of aromatic nitrogens is 2. The molecule has 1 saturated heterocycles. The molecule has 1 aliphatic rings. The number of carbonyl (C=O) groups is 3. The maximum Gasteiger partial charge on any atom is 0.269 e. The fourth-order valence-electron chi connectivity index (χ4n) is 3.56. The molecular weight excluding hydrogens is 414 g/mol. The van der Waals surface area contributed by atoms with Crippen molar-refractivity contribution in [2.45, 2.75) is 6.42 Å². The Labute approximate surface area is 182 Å². The normalized spacial score (nSPS) is 14.0. The quantitative estimate of drug-likeness (QED) is 0.360. The van der Waals surface area contributed by atoms with Gasteiger partial charge in [-0.2, -0.15) is 5.10 Å². The molecular formula is C22H19N5O5. The molecule has 0 bridgehead atoms. The predicted octanol–water partition coefficient (Wildman–Crippen LogP) is 2.04. The van der Waals surface area contributed by atoms with E-state index >= 15 is 0 Å². The van der Waals surface area contributed by atoms with E-state index in [2.05, 4.69) is 10.2 Å². The molecule has 0 spiro atoms. The van der Waals surface area contributed by atoms with Gasteiger partial charge in [0.15, 0.2) is 0 Å². The molecule has 0 aliphatic carbocycles. The van der Waals surface area contributed by atoms with Crippen LogP contribution in [-0.2, 0) is 16.0 Å². The summed E-state index contributed by atoms with van der Waals surface area (Å²) >= 11 is 0. The third-order valence-corrected chi connectivity index (χ3v) is 5.25. The number of aromatic amines is 1. The van der Waals surface area contributed by atoms with Crippen molar-refractivity contribution in [3.05, 3.63) is 82.0 Å². The minimum absolute atomic E-state index is 0.0797. The molecule has 2 heterocycles. The maximum absolute atomic E-state index is 13.0. The molecule has 4 rings (SSSR count). The standard InChI is InChI=1S/C22H19N5O5/c28-19-13-25(14-20(29)26(19)11-10-15-4-2-1-3-5-15)22(30)18-12-23-24-21(18)16-6-8-17(9-7-16)27(31)32/h1-9,12H,10-11,13-14H2,(H,23,24). The fourth-order valence-corrected chi connectivity index (χ4v) is 3.56. The van der Waals surface area contributed by atoms with Crippen LogP contribution in [-0.4, -0.2) is 62.3 Å². The molecule has 0 atom stereocenters. The number of piperazine rings is 1. The summed E-state index contributed by atoms with van der Waals surface area (Å²) in [5, 5.41) is 17.5. The number of imide groups is 1. The second-order valence-electron chi connectivity index (χ2n) is 7.30. The minimum Gasteiger partial charge on any atom is -0.320 e. The summed E-state index contributed by atoms with van der Waals surface area (Å²) in [5.74, 6) is -1.40. The van der Waals surface area contributed by atoms with Crippen LogP contribution in [0, 0.1) is 10.1 Å². The second kappa shape index (κ2) is 8.80. The van der Waals surface area contributed by atoms with Crippen molar-refractivity contribution in [2.24, 2.45) is 0 Å². The highest BCUT2D eigenvalue weighted by Crippen LogP contribution is 2.25. The van der Waals surface area contributed by atoms with Crippen molar-refractivity contribution in [1.29, 1.82) is 0 Å². The van der Waals surface area contributed by atoms with Gasteiger partial charge in [-0.3, -0.25) is 34.5 Å². The average Bonchev–Trinajstić information content (AvgIpc) is 3.28. The number of H-pyrrole nitrogens is 1. The van der Waals surface area contributed by atoms with Gasteiger partial charge in [0.1, 0.15) is 13.1 Å². The number of nitrogens with one attached hydrogen (secondary N) is 1. The fraction of sp³-hybridized carbons (Fsp3) is 0.182. The van der Waals surface area contributed by atoms with E-state index in [0.717, 1.165) is 5.56 Å². The van der Waals surface area contributed by atoms with E-state index < -0.39 is 22.6 Å². The van der Waals surface area contributed by atoms with Crippen LogP contribution in [0.15, 0.2) is 60.8 Å². The van der Waals surface area contributed by atoms with Crippen LogP contribution in [0.25, 0.3) is 11.3 Å². The van der Waals surface area contributed by atoms with Crippen molar-refractivity contribution in [3.8, 4) is 11.3 Å². The average molecular weight is 433 g/mol. The Morgan fingerprint density at radius 2 is 1.69 bits per heavy atom. The van der Waals surface area contributed by atoms with E-state index in [4.69, 9.17) is 0 Å². The molecule has 0 saturated carbocycles. The molecule has 3 amide bonds. The van der Waals surface area contributed by atoms with Gasteiger partial charge in [-0.25, -0.2) is 0 Å². The second-order valence-corrected chi connectivity index (χ2v) is 7.30. The third-order valence-electron chi connectivity index (χ3n) is 5.25. The minimum atomic E-state index is -0.517. The van der Waals surface area contributed by atoms with Gasteiger partial charge in [-0.1, -0.05) is 30.3 Å². The Morgan fingerprint density at radius 3 is 2.31 bits per heavy atom. The van der Waals surface area contributed by atoms with Crippen LogP contribution in [0.3, 0.4) is 0 Å². The molecule has 0 radical (unpaired) electrons. The van der Waals surface area contributed by atoms with Crippen molar-refractivity contribution >= 4 is 23.4 Å². The first kappa shape index (κ1) is 20.9. The van der Waals surface area contributed by atoms with Crippen LogP contribution in [0.4, 0.5) is 5.69 Å². The summed E-state index contributed by atoms with van der Waals surface area (Å²) in [6.45, 7) is -0.183. The first-order valence-electron chi connectivity index (χ1n) is 9.88. The van der Waals surface area contributed by atoms with Crippen molar-refractivity contribution in [2.75, 3.05) is 19.6 Å². The summed E-state index contributed by atoms with van der Waals surface area (Å²) in [7, 11) is 0. The molecule has 1 fully saturated rings. The predicted molar refractivity (Wildman–Crippen MR) is 113 cm³/mol. The maximum atomic E-state index is 13.0. The molecule has 32 heavy (non-hydrogen) atoms. The lowest BCUT2D eigenvalue weighted by atomic mass is 10.1. The Bertz CT molecular complexity index is 1150. The van der Waals surface area contributed by atoms with Gasteiger partial charge in [0.25, 0.3) is 11.6 Å². The number of nitrogens with zero attached hydrogens (tertiary/aromatic N) is 4. The Hall–Kier alpha value is -4.34. The molecule has 3 aromatic rings. The van der Waals surface area contributed by atoms with Crippen molar-refractivity contribution in [3.63, 3.8) is 0 Å². The first-order valence-corrected chi connectivity index (χ1v) is 9.88. The smallest absolute Gasteiger partial charge is 0.269 e. The Morgan fingerprint density at radius 1 is 1.03 bits per heavy atom. The highest BCUT2D eigenvalue weighted by Gasteiger charge is 2.34. The number of non-ortho nitro benzene ring substituents is 1. The summed E-state index contributed by atoms with van der Waals surface area (Å²) in [6.07, 6.45) is 1.86. The zero-order valence-electron chi connectivity index (χ0n) is 16.9. The molecule has 1 aromatic heterocycles. The van der Waals surface area contributed by atoms with E-state index in [0.29, 0.717) is 17.7 Å². The van der Waals surface area contributed by atoms with Crippen LogP contribution >= 0.6 is 0 Å². The first-order chi connectivity index (χ1) is 15.4. The number of hydrogen-bond acceptors (Lipinski definition) is 6. The number of hydrogen-bond donors (Lipinski definition) is 1. The topological polar surface area (TPSA) is 130 Å². The van der Waals surface area contributed by atoms with Crippen LogP contribution in [0.5, 0.6) is 0 Å². The number of rotatable bonds is 6.